The van der Waals surface area contributed by atoms with E-state index in [1.807, 2.05) is 13.0 Å². The number of fused-ring (bicyclic) bond motifs is 1. The predicted octanol–water partition coefficient (Wildman–Crippen LogP) is 0.598. The van der Waals surface area contributed by atoms with Crippen molar-refractivity contribution in [2.75, 3.05) is 12.3 Å². The third-order valence-corrected chi connectivity index (χ3v) is 4.93. The fourth-order valence-corrected chi connectivity index (χ4v) is 3.28. The van der Waals surface area contributed by atoms with Gasteiger partial charge in [0, 0.05) is 29.8 Å². The number of aliphatic carboxylic acids is 1. The number of aryl methyl sites for hydroxylation is 1. The molecule has 0 radical (unpaired) electrons. The lowest BCUT2D eigenvalue weighted by molar-refractivity contribution is -0.143. The third-order valence-electron chi connectivity index (χ3n) is 4.93. The maximum absolute atomic E-state index is 11.9. The van der Waals surface area contributed by atoms with Crippen LogP contribution in [0.1, 0.15) is 32.3 Å². The number of hydrogen-bond acceptors (Lipinski definition) is 7. The third kappa shape index (κ3) is 6.05. The quantitative estimate of drug-likeness (QED) is 0.402. The Morgan fingerprint density at radius 1 is 1.26 bits per heavy atom. The van der Waals surface area contributed by atoms with Crippen molar-refractivity contribution in [3.8, 4) is 0 Å². The van der Waals surface area contributed by atoms with E-state index in [9.17, 15) is 19.2 Å². The van der Waals surface area contributed by atoms with Crippen molar-refractivity contribution >= 4 is 34.4 Å². The molecule has 10 heteroatoms. The summed E-state index contributed by atoms with van der Waals surface area (Å²) in [5, 5.41) is 12.0. The van der Waals surface area contributed by atoms with Crippen molar-refractivity contribution in [3.63, 3.8) is 0 Å². The Kier molecular flexibility index (Phi) is 7.76. The van der Waals surface area contributed by atoms with Gasteiger partial charge in [0.25, 0.3) is 0 Å². The molecule has 0 aliphatic carbocycles. The van der Waals surface area contributed by atoms with Gasteiger partial charge in [0.05, 0.1) is 6.04 Å². The van der Waals surface area contributed by atoms with Crippen molar-refractivity contribution in [1.82, 2.24) is 10.2 Å². The molecule has 1 aliphatic heterocycles. The van der Waals surface area contributed by atoms with Gasteiger partial charge in [-0.1, -0.05) is 0 Å². The molecule has 2 aromatic rings. The molecule has 1 fully saturated rings. The minimum Gasteiger partial charge on any atom is -0.480 e. The molecular weight excluding hydrogens is 404 g/mol. The maximum Gasteiger partial charge on any atom is 0.336 e. The summed E-state index contributed by atoms with van der Waals surface area (Å²) >= 11 is 0. The molecule has 3 atom stereocenters. The van der Waals surface area contributed by atoms with E-state index in [1.165, 1.54) is 17.9 Å². The van der Waals surface area contributed by atoms with Gasteiger partial charge in [-0.15, -0.1) is 0 Å². The number of hydrogen-bond donors (Lipinski definition) is 4. The first-order valence-electron chi connectivity index (χ1n) is 9.90. The zero-order valence-electron chi connectivity index (χ0n) is 17.8. The van der Waals surface area contributed by atoms with Gasteiger partial charge in [0.15, 0.2) is 0 Å². The van der Waals surface area contributed by atoms with Gasteiger partial charge in [0.2, 0.25) is 11.8 Å². The van der Waals surface area contributed by atoms with E-state index in [0.29, 0.717) is 24.2 Å². The van der Waals surface area contributed by atoms with Gasteiger partial charge >= 0.3 is 11.6 Å². The maximum atomic E-state index is 11.9. The molecule has 1 aromatic heterocycles. The van der Waals surface area contributed by atoms with E-state index >= 15 is 0 Å². The molecule has 31 heavy (non-hydrogen) atoms. The lowest BCUT2D eigenvalue weighted by Gasteiger charge is -2.26. The molecule has 168 valence electrons. The molecule has 0 saturated carbocycles. The van der Waals surface area contributed by atoms with Crippen molar-refractivity contribution in [1.29, 1.82) is 0 Å². The minimum absolute atomic E-state index is 0.282. The summed E-state index contributed by atoms with van der Waals surface area (Å²) < 4.78 is 4.99. The van der Waals surface area contributed by atoms with Crippen LogP contribution in [0.2, 0.25) is 0 Å². The first-order chi connectivity index (χ1) is 14.5. The van der Waals surface area contributed by atoms with Crippen LogP contribution in [0.4, 0.5) is 5.69 Å². The summed E-state index contributed by atoms with van der Waals surface area (Å²) in [5.74, 6) is -1.82. The molecular formula is C21H28N4O6. The molecule has 1 aromatic carbocycles. The fraction of sp³-hybridized carbons (Fsp3) is 0.429. The Hall–Kier alpha value is -3.40. The highest BCUT2D eigenvalue weighted by Crippen LogP contribution is 2.19. The number of nitrogens with zero attached hydrogens (tertiary/aromatic N) is 1. The zero-order valence-corrected chi connectivity index (χ0v) is 17.8. The average Bonchev–Trinajstić information content (AvgIpc) is 3.16. The van der Waals surface area contributed by atoms with Crippen molar-refractivity contribution < 1.29 is 23.9 Å². The summed E-state index contributed by atoms with van der Waals surface area (Å²) in [6.45, 7) is 5.30. The number of carboxylic acids is 1. The van der Waals surface area contributed by atoms with E-state index in [1.54, 1.807) is 19.1 Å². The fourth-order valence-electron chi connectivity index (χ4n) is 3.28. The second kappa shape index (κ2) is 10.1. The van der Waals surface area contributed by atoms with Crippen LogP contribution in [0.3, 0.4) is 0 Å². The molecule has 6 N–H and O–H groups in total. The number of likely N-dealkylation sites (tertiary alicyclic amines) is 1. The second-order valence-electron chi connectivity index (χ2n) is 7.55. The number of carboxylic acid groups (broad SMARTS) is 1. The van der Waals surface area contributed by atoms with Crippen LogP contribution in [0.5, 0.6) is 0 Å². The Morgan fingerprint density at radius 2 is 1.94 bits per heavy atom. The first kappa shape index (κ1) is 23.9. The van der Waals surface area contributed by atoms with Crippen molar-refractivity contribution in [2.45, 2.75) is 51.7 Å². The van der Waals surface area contributed by atoms with E-state index < -0.39 is 30.0 Å². The van der Waals surface area contributed by atoms with Gasteiger partial charge < -0.3 is 31.2 Å². The van der Waals surface area contributed by atoms with Gasteiger partial charge in [-0.25, -0.2) is 4.79 Å². The Balaban J connectivity index is 0.000000231. The minimum atomic E-state index is -1.11. The highest BCUT2D eigenvalue weighted by Gasteiger charge is 2.35. The number of carbonyl (C=O) groups is 3. The Bertz CT molecular complexity index is 1030. The van der Waals surface area contributed by atoms with Crippen LogP contribution in [0.15, 0.2) is 33.5 Å². The number of rotatable bonds is 4. The Morgan fingerprint density at radius 3 is 2.55 bits per heavy atom. The van der Waals surface area contributed by atoms with Crippen LogP contribution in [0, 0.1) is 6.92 Å². The highest BCUT2D eigenvalue weighted by molar-refractivity contribution is 5.92. The summed E-state index contributed by atoms with van der Waals surface area (Å²) in [7, 11) is 0. The molecule has 10 nitrogen and oxygen atoms in total. The topological polar surface area (TPSA) is 169 Å². The van der Waals surface area contributed by atoms with E-state index in [-0.39, 0.29) is 11.5 Å². The number of benzene rings is 1. The second-order valence-corrected chi connectivity index (χ2v) is 7.55. The smallest absolute Gasteiger partial charge is 0.336 e. The number of amides is 2. The number of nitrogens with one attached hydrogen (secondary N) is 1. The molecule has 3 rings (SSSR count). The predicted molar refractivity (Wildman–Crippen MR) is 115 cm³/mol. The van der Waals surface area contributed by atoms with Gasteiger partial charge in [0.1, 0.15) is 17.7 Å². The number of nitrogen functional groups attached to an aromatic ring is 1. The molecule has 2 amide bonds. The van der Waals surface area contributed by atoms with Gasteiger partial charge in [-0.3, -0.25) is 14.4 Å². The zero-order chi connectivity index (χ0) is 23.3. The van der Waals surface area contributed by atoms with Crippen LogP contribution in [-0.4, -0.2) is 52.5 Å². The van der Waals surface area contributed by atoms with Crippen LogP contribution >= 0.6 is 0 Å². The molecule has 2 heterocycles. The van der Waals surface area contributed by atoms with E-state index in [4.69, 9.17) is 21.0 Å². The Labute approximate surface area is 179 Å². The SMILES string of the molecule is C[C@H](N)C(=O)N1CCC[C@H]1C(=O)N[C@@H](C)C(=O)O.Cc1cc(=O)oc2cc(N)ccc12. The molecule has 1 aliphatic rings. The van der Waals surface area contributed by atoms with E-state index in [0.717, 1.165) is 17.4 Å². The molecule has 0 bridgehead atoms. The number of nitrogens with two attached hydrogens (primary N) is 2. The highest BCUT2D eigenvalue weighted by atomic mass is 16.4. The summed E-state index contributed by atoms with van der Waals surface area (Å²) in [4.78, 5) is 46.8. The molecule has 1 saturated heterocycles. The lowest BCUT2D eigenvalue weighted by Crippen LogP contribution is -2.52. The van der Waals surface area contributed by atoms with Crippen LogP contribution < -0.4 is 22.4 Å². The standard InChI is InChI=1S/C11H19N3O4.C10H9NO2/c1-6(12)10(16)14-5-3-4-8(14)9(15)13-7(2)11(17)18;1-6-4-10(12)13-9-5-7(11)2-3-8(6)9/h6-8H,3-5,12H2,1-2H3,(H,13,15)(H,17,18);2-5H,11H2,1H3/t6-,7-,8-;/m0./s1. The average molecular weight is 432 g/mol. The van der Waals surface area contributed by atoms with Crippen LogP contribution in [-0.2, 0) is 14.4 Å². The summed E-state index contributed by atoms with van der Waals surface area (Å²) in [6.07, 6.45) is 1.26. The largest absolute Gasteiger partial charge is 0.480 e. The first-order valence-corrected chi connectivity index (χ1v) is 9.90. The normalized spacial score (nSPS) is 17.4. The molecule has 0 spiro atoms. The summed E-state index contributed by atoms with van der Waals surface area (Å²) in [5.41, 5.74) is 12.8. The lowest BCUT2D eigenvalue weighted by atomic mass is 10.1. The summed E-state index contributed by atoms with van der Waals surface area (Å²) in [6, 6.07) is 4.53. The van der Waals surface area contributed by atoms with Crippen LogP contribution in [0.25, 0.3) is 11.0 Å². The van der Waals surface area contributed by atoms with Crippen molar-refractivity contribution in [3.05, 3.63) is 40.2 Å². The number of anilines is 1. The molecule has 0 unspecified atom stereocenters. The van der Waals surface area contributed by atoms with Gasteiger partial charge in [-0.2, -0.15) is 0 Å². The monoisotopic (exact) mass is 432 g/mol. The van der Waals surface area contributed by atoms with E-state index in [2.05, 4.69) is 5.32 Å². The van der Waals surface area contributed by atoms with Crippen molar-refractivity contribution in [2.24, 2.45) is 5.73 Å². The number of carbonyl (C=O) groups excluding carboxylic acids is 2. The van der Waals surface area contributed by atoms with Gasteiger partial charge in [-0.05, 0) is 51.3 Å².